The zero-order chi connectivity index (χ0) is 10.3. The van der Waals surface area contributed by atoms with E-state index in [0.717, 1.165) is 0 Å². The Labute approximate surface area is 76.3 Å². The summed E-state index contributed by atoms with van der Waals surface area (Å²) in [7, 11) is 0. The van der Waals surface area contributed by atoms with Crippen molar-refractivity contribution in [2.24, 2.45) is 0 Å². The summed E-state index contributed by atoms with van der Waals surface area (Å²) in [6.07, 6.45) is 1.51. The number of ketones is 1. The maximum Gasteiger partial charge on any atom is 0.214 e. The van der Waals surface area contributed by atoms with Gasteiger partial charge in [0, 0.05) is 30.6 Å². The van der Waals surface area contributed by atoms with Crippen LogP contribution in [-0.2, 0) is 9.59 Å². The van der Waals surface area contributed by atoms with Gasteiger partial charge in [-0.05, 0) is 6.92 Å². The first-order valence-electron chi connectivity index (χ1n) is 4.14. The van der Waals surface area contributed by atoms with Crippen LogP contribution in [0.15, 0.2) is 0 Å². The number of Topliss-reactive ketones (excluding diaryl/α,β-unsaturated/α-hetero) is 1. The molecule has 13 heavy (non-hydrogen) atoms. The molecule has 0 aliphatic heterocycles. The highest BCUT2D eigenvalue weighted by atomic mass is 16.6. The zero-order valence-corrected chi connectivity index (χ0v) is 7.56. The Morgan fingerprint density at radius 1 is 1.54 bits per heavy atom. The summed E-state index contributed by atoms with van der Waals surface area (Å²) in [6.45, 7) is 1.40. The Morgan fingerprint density at radius 2 is 2.15 bits per heavy atom. The largest absolute Gasteiger partial charge is 0.303 e. The Kier molecular flexibility index (Phi) is 5.67. The lowest BCUT2D eigenvalue weighted by atomic mass is 10.1. The predicted molar refractivity (Wildman–Crippen MR) is 46.0 cm³/mol. The van der Waals surface area contributed by atoms with Gasteiger partial charge < -0.3 is 9.59 Å². The van der Waals surface area contributed by atoms with Gasteiger partial charge in [-0.15, -0.1) is 0 Å². The summed E-state index contributed by atoms with van der Waals surface area (Å²) >= 11 is 0. The molecule has 0 amide bonds. The third-order valence-electron chi connectivity index (χ3n) is 1.75. The summed E-state index contributed by atoms with van der Waals surface area (Å²) in [4.78, 5) is 30.5. The molecule has 0 aromatic heterocycles. The molecule has 1 atom stereocenters. The van der Waals surface area contributed by atoms with E-state index < -0.39 is 11.0 Å². The van der Waals surface area contributed by atoms with E-state index in [2.05, 4.69) is 0 Å². The molecule has 0 aliphatic carbocycles. The molecule has 0 aromatic carbocycles. The molecule has 0 spiro atoms. The van der Waals surface area contributed by atoms with Crippen molar-refractivity contribution in [1.82, 2.24) is 0 Å². The van der Waals surface area contributed by atoms with Gasteiger partial charge in [-0.2, -0.15) is 0 Å². The molecular formula is C8H13NO4. The number of hydrogen-bond donors (Lipinski definition) is 0. The lowest BCUT2D eigenvalue weighted by molar-refractivity contribution is -0.524. The maximum atomic E-state index is 10.6. The minimum absolute atomic E-state index is 0.0575. The van der Waals surface area contributed by atoms with Crippen LogP contribution in [0.2, 0.25) is 0 Å². The van der Waals surface area contributed by atoms with Crippen molar-refractivity contribution in [2.75, 3.05) is 0 Å². The highest BCUT2D eigenvalue weighted by Gasteiger charge is 2.19. The Hall–Kier alpha value is -1.26. The van der Waals surface area contributed by atoms with Crippen LogP contribution < -0.4 is 0 Å². The Morgan fingerprint density at radius 3 is 2.54 bits per heavy atom. The average Bonchev–Trinajstić information content (AvgIpc) is 2.03. The monoisotopic (exact) mass is 187 g/mol. The third-order valence-corrected chi connectivity index (χ3v) is 1.75. The van der Waals surface area contributed by atoms with E-state index in [1.807, 2.05) is 0 Å². The molecule has 5 nitrogen and oxygen atoms in total. The van der Waals surface area contributed by atoms with Gasteiger partial charge in [0.05, 0.1) is 0 Å². The van der Waals surface area contributed by atoms with Crippen LogP contribution in [0.5, 0.6) is 0 Å². The van der Waals surface area contributed by atoms with Gasteiger partial charge in [-0.3, -0.25) is 10.1 Å². The van der Waals surface area contributed by atoms with Crippen molar-refractivity contribution in [2.45, 2.75) is 38.6 Å². The minimum atomic E-state index is -0.755. The summed E-state index contributed by atoms with van der Waals surface area (Å²) in [5.74, 6) is -0.0575. The number of aldehydes is 1. The van der Waals surface area contributed by atoms with Gasteiger partial charge in [0.15, 0.2) is 0 Å². The molecule has 0 heterocycles. The number of carbonyl (C=O) groups excluding carboxylic acids is 2. The van der Waals surface area contributed by atoms with Crippen LogP contribution in [0.25, 0.3) is 0 Å². The summed E-state index contributed by atoms with van der Waals surface area (Å²) in [5, 5.41) is 10.4. The number of hydrogen-bond acceptors (Lipinski definition) is 4. The lowest BCUT2D eigenvalue weighted by Crippen LogP contribution is -2.20. The topological polar surface area (TPSA) is 77.3 Å². The molecule has 5 heteroatoms. The van der Waals surface area contributed by atoms with Crippen molar-refractivity contribution < 1.29 is 14.5 Å². The van der Waals surface area contributed by atoms with Crippen molar-refractivity contribution in [1.29, 1.82) is 0 Å². The number of rotatable bonds is 7. The normalized spacial score (nSPS) is 12.1. The average molecular weight is 187 g/mol. The summed E-state index contributed by atoms with van der Waals surface area (Å²) in [6, 6.07) is -0.755. The minimum Gasteiger partial charge on any atom is -0.303 e. The second kappa shape index (κ2) is 6.28. The molecule has 0 saturated carbocycles. The fourth-order valence-corrected chi connectivity index (χ4v) is 0.985. The molecule has 0 rings (SSSR count). The van der Waals surface area contributed by atoms with Gasteiger partial charge in [0.25, 0.3) is 0 Å². The second-order valence-electron chi connectivity index (χ2n) is 2.92. The molecule has 0 aromatic rings. The predicted octanol–water partition coefficient (Wildman–Crippen LogP) is 0.980. The van der Waals surface area contributed by atoms with Crippen LogP contribution in [0.3, 0.4) is 0 Å². The first kappa shape index (κ1) is 11.7. The smallest absolute Gasteiger partial charge is 0.214 e. The number of nitrogens with zero attached hydrogens (tertiary/aromatic N) is 1. The van der Waals surface area contributed by atoms with Gasteiger partial charge in [-0.25, -0.2) is 0 Å². The van der Waals surface area contributed by atoms with Gasteiger partial charge in [-0.1, -0.05) is 0 Å². The highest BCUT2D eigenvalue weighted by Crippen LogP contribution is 2.07. The van der Waals surface area contributed by atoms with E-state index in [-0.39, 0.29) is 31.5 Å². The molecule has 0 N–H and O–H groups in total. The van der Waals surface area contributed by atoms with E-state index in [1.54, 1.807) is 0 Å². The first-order valence-corrected chi connectivity index (χ1v) is 4.14. The fourth-order valence-electron chi connectivity index (χ4n) is 0.985. The van der Waals surface area contributed by atoms with Crippen LogP contribution in [-0.4, -0.2) is 23.0 Å². The molecule has 0 aliphatic rings. The van der Waals surface area contributed by atoms with Gasteiger partial charge in [0.2, 0.25) is 6.04 Å². The molecule has 0 fully saturated rings. The SMILES string of the molecule is CC(=O)CCC(CCC=O)[N+](=O)[O-]. The maximum absolute atomic E-state index is 10.6. The van der Waals surface area contributed by atoms with E-state index in [4.69, 9.17) is 0 Å². The quantitative estimate of drug-likeness (QED) is 0.338. The molecule has 1 unspecified atom stereocenters. The van der Waals surface area contributed by atoms with Gasteiger partial charge >= 0.3 is 0 Å². The molecule has 0 saturated heterocycles. The summed E-state index contributed by atoms with van der Waals surface area (Å²) < 4.78 is 0. The molecule has 74 valence electrons. The van der Waals surface area contributed by atoms with Crippen molar-refractivity contribution >= 4 is 12.1 Å². The number of carbonyl (C=O) groups is 2. The van der Waals surface area contributed by atoms with E-state index in [9.17, 15) is 19.7 Å². The van der Waals surface area contributed by atoms with Crippen LogP contribution in [0, 0.1) is 10.1 Å². The lowest BCUT2D eigenvalue weighted by Gasteiger charge is -2.05. The molecule has 0 bridgehead atoms. The molecule has 0 radical (unpaired) electrons. The van der Waals surface area contributed by atoms with Gasteiger partial charge in [0.1, 0.15) is 12.1 Å². The third kappa shape index (κ3) is 5.95. The summed E-state index contributed by atoms with van der Waals surface area (Å²) in [5.41, 5.74) is 0. The Bertz CT molecular complexity index is 202. The highest BCUT2D eigenvalue weighted by molar-refractivity contribution is 5.75. The van der Waals surface area contributed by atoms with Crippen LogP contribution in [0.4, 0.5) is 0 Å². The van der Waals surface area contributed by atoms with E-state index in [1.165, 1.54) is 6.92 Å². The molecular weight excluding hydrogens is 174 g/mol. The first-order chi connectivity index (χ1) is 6.07. The van der Waals surface area contributed by atoms with Crippen molar-refractivity contribution in [3.8, 4) is 0 Å². The second-order valence-corrected chi connectivity index (χ2v) is 2.92. The number of nitro groups is 1. The standard InChI is InChI=1S/C8H13NO4/c1-7(11)4-5-8(9(12)13)3-2-6-10/h6,8H,2-5H2,1H3. The van der Waals surface area contributed by atoms with Crippen LogP contribution >= 0.6 is 0 Å². The van der Waals surface area contributed by atoms with Crippen molar-refractivity contribution in [3.63, 3.8) is 0 Å². The van der Waals surface area contributed by atoms with Crippen LogP contribution in [0.1, 0.15) is 32.6 Å². The van der Waals surface area contributed by atoms with E-state index in [0.29, 0.717) is 6.29 Å². The van der Waals surface area contributed by atoms with E-state index >= 15 is 0 Å². The Balaban J connectivity index is 3.87. The van der Waals surface area contributed by atoms with Crippen molar-refractivity contribution in [3.05, 3.63) is 10.1 Å². The fraction of sp³-hybridized carbons (Fsp3) is 0.750. The zero-order valence-electron chi connectivity index (χ0n) is 7.56.